The predicted molar refractivity (Wildman–Crippen MR) is 207 cm³/mol. The molecule has 0 aliphatic carbocycles. The standard InChI is InChI=1S/C32H33N11O10S3.ClH/c1-12-7-19(43-31(34-12)37-23(40-43)13(2)44)54-9-15-10-55-27-21(26(49)42(27)22(15)28(50)51)36-25(48)20(16-11-56-30(33)35-16)41-53-32(3,4)29(52)39-38-24(47)14-5-6-17(45)18(46)8-14;/h5-8,11,13,21,27,44-46H,9-10H2,1-4H3,(H2,33,35)(H,36,48)(H,38,47)(H,39,52)(H,50,51);1H/t13?,21?,27-;/m0./s1. The number of aromatic nitrogens is 5. The molecule has 302 valence electrons. The molecule has 2 aliphatic rings. The van der Waals surface area contributed by atoms with Crippen LogP contribution in [0.25, 0.3) is 5.78 Å². The van der Waals surface area contributed by atoms with E-state index in [4.69, 9.17) is 10.6 Å². The van der Waals surface area contributed by atoms with Crippen molar-refractivity contribution in [3.63, 3.8) is 0 Å². The lowest BCUT2D eigenvalue weighted by Crippen LogP contribution is -2.71. The number of nitrogens with one attached hydrogen (secondary N) is 3. The summed E-state index contributed by atoms with van der Waals surface area (Å²) >= 11 is 3.48. The number of aliphatic hydroxyl groups excluding tert-OH is 1. The summed E-state index contributed by atoms with van der Waals surface area (Å²) in [6.45, 7) is 5.86. The van der Waals surface area contributed by atoms with Crippen LogP contribution in [0, 0.1) is 6.92 Å². The van der Waals surface area contributed by atoms with Gasteiger partial charge in [0.15, 0.2) is 28.2 Å². The third-order valence-corrected chi connectivity index (χ3v) is 11.2. The first-order valence-corrected chi connectivity index (χ1v) is 19.2. The van der Waals surface area contributed by atoms with Gasteiger partial charge >= 0.3 is 5.97 Å². The SMILES string of the molecule is Cc1cc(SCC2=C(C(=O)O)N3C(=O)C(NC(=O)C(=NOC(C)(C)C(=O)NNC(=O)c4ccc(O)c(O)c4)c4csc(N)n4)[C@@H]3SC2)n2nc(C(C)O)nc2n1.Cl. The van der Waals surface area contributed by atoms with Crippen molar-refractivity contribution in [2.45, 2.75) is 55.8 Å². The number of aliphatic carboxylic acids is 1. The van der Waals surface area contributed by atoms with Gasteiger partial charge in [-0.05, 0) is 57.5 Å². The molecule has 2 unspecified atom stereocenters. The molecule has 57 heavy (non-hydrogen) atoms. The first-order chi connectivity index (χ1) is 26.4. The van der Waals surface area contributed by atoms with Crippen molar-refractivity contribution in [2.24, 2.45) is 5.16 Å². The minimum absolute atomic E-state index is 0. The van der Waals surface area contributed by atoms with Crippen LogP contribution in [0.3, 0.4) is 0 Å². The van der Waals surface area contributed by atoms with E-state index in [9.17, 15) is 44.4 Å². The van der Waals surface area contributed by atoms with Crippen LogP contribution in [-0.2, 0) is 24.0 Å². The maximum atomic E-state index is 13.7. The van der Waals surface area contributed by atoms with E-state index in [-0.39, 0.29) is 57.6 Å². The van der Waals surface area contributed by atoms with E-state index < -0.39 is 69.9 Å². The number of hydrogen-bond donors (Lipinski definition) is 8. The Kier molecular flexibility index (Phi) is 12.5. The van der Waals surface area contributed by atoms with Gasteiger partial charge in [-0.15, -0.1) is 52.4 Å². The van der Waals surface area contributed by atoms with Crippen molar-refractivity contribution in [3.8, 4) is 11.5 Å². The second-order valence-electron chi connectivity index (χ2n) is 12.7. The summed E-state index contributed by atoms with van der Waals surface area (Å²) in [5, 5.41) is 51.3. The number of carboxylic acid groups (broad SMARTS) is 1. The Morgan fingerprint density at radius 3 is 2.53 bits per heavy atom. The molecule has 6 rings (SSSR count). The number of amides is 4. The van der Waals surface area contributed by atoms with Crippen LogP contribution < -0.4 is 21.9 Å². The number of thiazole rings is 1. The molecule has 9 N–H and O–H groups in total. The lowest BCUT2D eigenvalue weighted by Gasteiger charge is -2.49. The number of halogens is 1. The molecule has 0 bridgehead atoms. The number of benzene rings is 1. The third-order valence-electron chi connectivity index (χ3n) is 8.15. The Morgan fingerprint density at radius 1 is 1.14 bits per heavy atom. The molecule has 3 aromatic heterocycles. The number of nitrogen functional groups attached to an aromatic ring is 1. The topological polar surface area (TPSA) is 309 Å². The fourth-order valence-corrected chi connectivity index (χ4v) is 8.30. The number of aromatic hydroxyl groups is 2. The molecule has 4 aromatic rings. The molecule has 3 atom stereocenters. The lowest BCUT2D eigenvalue weighted by molar-refractivity contribution is -0.150. The van der Waals surface area contributed by atoms with Crippen molar-refractivity contribution in [1.82, 2.24) is 45.6 Å². The number of nitrogens with two attached hydrogens (primary N) is 1. The minimum atomic E-state index is -1.82. The highest BCUT2D eigenvalue weighted by molar-refractivity contribution is 8.01. The van der Waals surface area contributed by atoms with Crippen LogP contribution >= 0.6 is 47.3 Å². The minimum Gasteiger partial charge on any atom is -0.504 e. The van der Waals surface area contributed by atoms with E-state index >= 15 is 0 Å². The number of oxime groups is 1. The van der Waals surface area contributed by atoms with Gasteiger partial charge in [0.1, 0.15) is 33.9 Å². The number of phenolic OH excluding ortho intramolecular Hbond substituents is 2. The second kappa shape index (κ2) is 16.8. The Morgan fingerprint density at radius 2 is 1.88 bits per heavy atom. The Balaban J connectivity index is 0.00000620. The number of carbonyl (C=O) groups is 5. The number of hydrazine groups is 1. The number of β-lactam (4-membered cyclic amide) rings is 1. The predicted octanol–water partition coefficient (Wildman–Crippen LogP) is 0.849. The van der Waals surface area contributed by atoms with Crippen molar-refractivity contribution in [3.05, 3.63) is 63.7 Å². The number of thioether (sulfide) groups is 2. The fraction of sp³-hybridized carbons (Fsp3) is 0.312. The highest BCUT2D eigenvalue weighted by atomic mass is 35.5. The molecule has 1 aromatic carbocycles. The first kappa shape index (κ1) is 42.5. The smallest absolute Gasteiger partial charge is 0.352 e. The number of nitrogens with zero attached hydrogens (tertiary/aromatic N) is 7. The molecule has 1 fully saturated rings. The van der Waals surface area contributed by atoms with Crippen molar-refractivity contribution >= 4 is 93.5 Å². The van der Waals surface area contributed by atoms with Gasteiger partial charge in [-0.2, -0.15) is 9.50 Å². The molecule has 0 radical (unpaired) electrons. The Bertz CT molecular complexity index is 2350. The van der Waals surface area contributed by atoms with E-state index in [0.717, 1.165) is 28.4 Å². The number of aliphatic hydroxyl groups is 1. The number of carboxylic acids is 1. The van der Waals surface area contributed by atoms with E-state index in [1.807, 2.05) is 0 Å². The fourth-order valence-electron chi connectivity index (χ4n) is 5.22. The Hall–Kier alpha value is -5.69. The highest BCUT2D eigenvalue weighted by Gasteiger charge is 2.54. The van der Waals surface area contributed by atoms with Crippen LogP contribution in [0.2, 0.25) is 0 Å². The number of anilines is 1. The lowest BCUT2D eigenvalue weighted by atomic mass is 10.0. The van der Waals surface area contributed by atoms with Crippen LogP contribution in [-0.4, -0.2) is 114 Å². The molecule has 2 aliphatic heterocycles. The summed E-state index contributed by atoms with van der Waals surface area (Å²) in [5.74, 6) is -4.87. The van der Waals surface area contributed by atoms with E-state index in [2.05, 4.69) is 41.4 Å². The van der Waals surface area contributed by atoms with Crippen molar-refractivity contribution < 1.29 is 49.2 Å². The summed E-state index contributed by atoms with van der Waals surface area (Å²) in [6.07, 6.45) is -0.931. The Labute approximate surface area is 340 Å². The zero-order valence-electron chi connectivity index (χ0n) is 30.1. The number of hydrogen-bond acceptors (Lipinski definition) is 18. The van der Waals surface area contributed by atoms with E-state index in [1.165, 1.54) is 60.3 Å². The molecular formula is C32H34ClN11O10S3. The van der Waals surface area contributed by atoms with Gasteiger partial charge in [0.25, 0.3) is 29.4 Å². The molecule has 5 heterocycles. The summed E-state index contributed by atoms with van der Waals surface area (Å²) in [4.78, 5) is 84.3. The molecule has 0 spiro atoms. The van der Waals surface area contributed by atoms with E-state index in [0.29, 0.717) is 16.3 Å². The maximum absolute atomic E-state index is 13.7. The van der Waals surface area contributed by atoms with E-state index in [1.54, 1.807) is 13.0 Å². The number of carbonyl (C=O) groups excluding carboxylic acids is 4. The van der Waals surface area contributed by atoms with Crippen molar-refractivity contribution in [1.29, 1.82) is 0 Å². The average molecular weight is 864 g/mol. The van der Waals surface area contributed by atoms with Gasteiger partial charge in [-0.25, -0.2) is 14.8 Å². The van der Waals surface area contributed by atoms with Gasteiger partial charge in [-0.1, -0.05) is 5.16 Å². The van der Waals surface area contributed by atoms with Gasteiger partial charge in [0, 0.05) is 28.1 Å². The van der Waals surface area contributed by atoms with Crippen LogP contribution in [0.1, 0.15) is 54.4 Å². The zero-order valence-corrected chi connectivity index (χ0v) is 33.4. The monoisotopic (exact) mass is 863 g/mol. The molecule has 25 heteroatoms. The van der Waals surface area contributed by atoms with Crippen molar-refractivity contribution in [2.75, 3.05) is 17.2 Å². The first-order valence-electron chi connectivity index (χ1n) is 16.3. The molecule has 1 saturated heterocycles. The second-order valence-corrected chi connectivity index (χ2v) is 15.7. The maximum Gasteiger partial charge on any atom is 0.352 e. The highest BCUT2D eigenvalue weighted by Crippen LogP contribution is 2.42. The summed E-state index contributed by atoms with van der Waals surface area (Å²) in [7, 11) is 0. The number of rotatable bonds is 12. The normalized spacial score (nSPS) is 17.2. The number of phenols is 2. The van der Waals surface area contributed by atoms with Crippen LogP contribution in [0.15, 0.2) is 51.1 Å². The average Bonchev–Trinajstić information content (AvgIpc) is 3.78. The molecule has 21 nitrogen and oxygen atoms in total. The van der Waals surface area contributed by atoms with Gasteiger partial charge in [-0.3, -0.25) is 34.9 Å². The van der Waals surface area contributed by atoms with Gasteiger partial charge in [0.05, 0.1) is 0 Å². The number of fused-ring (bicyclic) bond motifs is 2. The summed E-state index contributed by atoms with van der Waals surface area (Å²) in [6, 6.07) is 3.86. The molecular weight excluding hydrogens is 830 g/mol. The number of aryl methyl sites for hydroxylation is 1. The summed E-state index contributed by atoms with van der Waals surface area (Å²) in [5.41, 5.74) is 8.56. The zero-order chi connectivity index (χ0) is 40.6. The quantitative estimate of drug-likeness (QED) is 0.0244. The van der Waals surface area contributed by atoms with Crippen LogP contribution in [0.5, 0.6) is 11.5 Å². The van der Waals surface area contributed by atoms with Gasteiger partial charge < -0.3 is 36.3 Å². The third kappa shape index (κ3) is 8.83. The molecule has 4 amide bonds. The summed E-state index contributed by atoms with van der Waals surface area (Å²) < 4.78 is 1.46. The van der Waals surface area contributed by atoms with Crippen LogP contribution in [0.4, 0.5) is 5.13 Å². The van der Waals surface area contributed by atoms with Gasteiger partial charge in [0.2, 0.25) is 5.60 Å². The largest absolute Gasteiger partial charge is 0.504 e. The molecule has 0 saturated carbocycles.